The van der Waals surface area contributed by atoms with E-state index in [4.69, 9.17) is 4.55 Å². The van der Waals surface area contributed by atoms with Crippen molar-refractivity contribution in [3.05, 3.63) is 24.3 Å². The van der Waals surface area contributed by atoms with Gasteiger partial charge in [-0.3, -0.25) is 8.76 Å². The van der Waals surface area contributed by atoms with E-state index in [1.165, 1.54) is 18.2 Å². The van der Waals surface area contributed by atoms with Crippen molar-refractivity contribution < 1.29 is 33.8 Å². The summed E-state index contributed by atoms with van der Waals surface area (Å²) in [6, 6.07) is 4.93. The van der Waals surface area contributed by atoms with Crippen molar-refractivity contribution in [1.82, 2.24) is 0 Å². The average Bonchev–Trinajstić information content (AvgIpc) is 2.33. The van der Waals surface area contributed by atoms with Crippen LogP contribution in [0.3, 0.4) is 0 Å². The molecule has 0 saturated heterocycles. The highest BCUT2D eigenvalue weighted by molar-refractivity contribution is 7.97. The van der Waals surface area contributed by atoms with Gasteiger partial charge in [-0.15, -0.1) is 3.63 Å². The second kappa shape index (κ2) is 6.81. The lowest BCUT2D eigenvalue weighted by Crippen LogP contribution is -2.25. The number of benzene rings is 1. The van der Waals surface area contributed by atoms with E-state index in [0.717, 1.165) is 6.07 Å². The molecule has 0 aliphatic carbocycles. The Morgan fingerprint density at radius 3 is 2.38 bits per heavy atom. The Morgan fingerprint density at radius 2 is 1.90 bits per heavy atom. The van der Waals surface area contributed by atoms with E-state index in [1.54, 1.807) is 6.92 Å². The quantitative estimate of drug-likeness (QED) is 0.515. The van der Waals surface area contributed by atoms with Gasteiger partial charge < -0.3 is 9.87 Å². The van der Waals surface area contributed by atoms with E-state index in [2.05, 4.69) is 8.95 Å². The predicted molar refractivity (Wildman–Crippen MR) is 72.9 cm³/mol. The lowest BCUT2D eigenvalue weighted by Gasteiger charge is -2.22. The van der Waals surface area contributed by atoms with Crippen LogP contribution in [0.25, 0.3) is 0 Å². The molecule has 1 aromatic carbocycles. The average molecular weight is 358 g/mol. The zero-order valence-electron chi connectivity index (χ0n) is 10.6. The molecule has 2 unspecified atom stereocenters. The first-order valence-corrected chi connectivity index (χ1v) is 9.35. The third-order valence-electron chi connectivity index (χ3n) is 2.25. The molecule has 9 nitrogen and oxygen atoms in total. The minimum Gasteiger partial charge on any atom is -0.771 e. The van der Waals surface area contributed by atoms with Gasteiger partial charge in [0.2, 0.25) is 0 Å². The molecule has 12 heteroatoms. The van der Waals surface area contributed by atoms with Crippen molar-refractivity contribution in [3.8, 4) is 0 Å². The number of para-hydroxylation sites is 1. The molecule has 2 N–H and O–H groups in total. The van der Waals surface area contributed by atoms with Crippen LogP contribution in [0.15, 0.2) is 29.2 Å². The Balaban J connectivity index is 3.24. The summed E-state index contributed by atoms with van der Waals surface area (Å²) in [6.07, 6.45) is 0.143. The third-order valence-corrected chi connectivity index (χ3v) is 5.47. The van der Waals surface area contributed by atoms with Gasteiger partial charge in [-0.05, 0) is 29.6 Å². The maximum Gasteiger partial charge on any atom is 0.412 e. The zero-order chi connectivity index (χ0) is 16.3. The Labute approximate surface area is 124 Å². The molecule has 0 radical (unpaired) electrons. The first kappa shape index (κ1) is 18.0. The maximum atomic E-state index is 11.8. The van der Waals surface area contributed by atoms with Crippen molar-refractivity contribution in [2.45, 2.75) is 23.6 Å². The molecule has 0 bridgehead atoms. The summed E-state index contributed by atoms with van der Waals surface area (Å²) in [5.74, 6) is 0. The van der Waals surface area contributed by atoms with Gasteiger partial charge in [0.15, 0.2) is 0 Å². The van der Waals surface area contributed by atoms with Gasteiger partial charge in [0.25, 0.3) is 0 Å². The van der Waals surface area contributed by atoms with Crippen LogP contribution in [0.4, 0.5) is 5.69 Å². The first-order valence-electron chi connectivity index (χ1n) is 5.44. The smallest absolute Gasteiger partial charge is 0.412 e. The van der Waals surface area contributed by atoms with E-state index in [1.807, 2.05) is 0 Å². The van der Waals surface area contributed by atoms with Crippen LogP contribution in [-0.2, 0) is 35.2 Å². The van der Waals surface area contributed by atoms with Crippen LogP contribution >= 0.6 is 0 Å². The van der Waals surface area contributed by atoms with Crippen LogP contribution in [-0.4, -0.2) is 35.5 Å². The van der Waals surface area contributed by atoms with Gasteiger partial charge in [-0.1, -0.05) is 19.1 Å². The van der Waals surface area contributed by atoms with Crippen LogP contribution in [0.1, 0.15) is 13.3 Å². The highest BCUT2D eigenvalue weighted by atomic mass is 32.3. The van der Waals surface area contributed by atoms with E-state index in [0.29, 0.717) is 0 Å². The normalized spacial score (nSPS) is 15.4. The number of anilines is 1. The van der Waals surface area contributed by atoms with Crippen molar-refractivity contribution in [2.75, 3.05) is 5.32 Å². The highest BCUT2D eigenvalue weighted by Crippen LogP contribution is 2.25. The van der Waals surface area contributed by atoms with Crippen molar-refractivity contribution in [1.29, 1.82) is 0 Å². The van der Waals surface area contributed by atoms with Crippen molar-refractivity contribution >= 4 is 37.3 Å². The van der Waals surface area contributed by atoms with Gasteiger partial charge in [-0.25, -0.2) is 0 Å². The van der Waals surface area contributed by atoms with Gasteiger partial charge >= 0.3 is 20.5 Å². The highest BCUT2D eigenvalue weighted by Gasteiger charge is 2.26. The Bertz CT molecular complexity index is 727. The summed E-state index contributed by atoms with van der Waals surface area (Å²) in [5.41, 5.74) is -0.169. The molecule has 0 amide bonds. The summed E-state index contributed by atoms with van der Waals surface area (Å²) >= 11 is -2.52. The van der Waals surface area contributed by atoms with Crippen molar-refractivity contribution in [2.24, 2.45) is 0 Å². The van der Waals surface area contributed by atoms with Crippen molar-refractivity contribution in [3.63, 3.8) is 0 Å². The van der Waals surface area contributed by atoms with Gasteiger partial charge in [0, 0.05) is 0 Å². The van der Waals surface area contributed by atoms with E-state index >= 15 is 0 Å². The molecule has 1 rings (SSSR count). The van der Waals surface area contributed by atoms with Gasteiger partial charge in [0.05, 0.1) is 11.1 Å². The maximum absolute atomic E-state index is 11.8. The Hall–Kier alpha value is -1.05. The minimum atomic E-state index is -5.23. The summed E-state index contributed by atoms with van der Waals surface area (Å²) < 4.78 is 78.6. The molecule has 0 aromatic heterocycles. The molecular weight excluding hydrogens is 346 g/mol. The lowest BCUT2D eigenvalue weighted by atomic mass is 10.3. The molecular formula is C9H12NO8S3-. The molecule has 1 aromatic rings. The van der Waals surface area contributed by atoms with E-state index < -0.39 is 41.9 Å². The van der Waals surface area contributed by atoms with Crippen LogP contribution in [0.2, 0.25) is 0 Å². The monoisotopic (exact) mass is 358 g/mol. The van der Waals surface area contributed by atoms with Crippen LogP contribution < -0.4 is 5.32 Å². The third kappa shape index (κ3) is 5.33. The zero-order valence-corrected chi connectivity index (χ0v) is 13.1. The fourth-order valence-electron chi connectivity index (χ4n) is 1.41. The summed E-state index contributed by atoms with van der Waals surface area (Å²) in [6.45, 7) is 1.55. The molecule has 2 atom stereocenters. The van der Waals surface area contributed by atoms with Crippen LogP contribution in [0, 0.1) is 0 Å². The first-order chi connectivity index (χ1) is 9.57. The molecule has 0 fully saturated rings. The largest absolute Gasteiger partial charge is 0.771 e. The predicted octanol–water partition coefficient (Wildman–Crippen LogP) is 0.222. The van der Waals surface area contributed by atoms with E-state index in [-0.39, 0.29) is 12.1 Å². The second-order valence-corrected chi connectivity index (χ2v) is 7.59. The number of hydrogen-bond donors (Lipinski definition) is 2. The number of rotatable bonds is 7. The topological polar surface area (TPSA) is 150 Å². The van der Waals surface area contributed by atoms with E-state index in [9.17, 15) is 25.6 Å². The molecule has 0 spiro atoms. The molecule has 0 saturated carbocycles. The molecule has 21 heavy (non-hydrogen) atoms. The fourth-order valence-corrected chi connectivity index (χ4v) is 3.75. The minimum absolute atomic E-state index is 0.143. The standard InChI is InChI=1S/C9H13NO8S3/c1-2-9(19(11)12)10-7-5-3-4-6-8(7)20(13,14)18-21(15,16)17/h3-6,9-10H,2H2,1H3,(H,11,12)(H,15,16,17)/p-1. The second-order valence-electron chi connectivity index (χ2n) is 3.75. The summed E-state index contributed by atoms with van der Waals surface area (Å²) in [5, 5.41) is 1.36. The SMILES string of the molecule is CCC(Nc1ccccc1S(=O)(=O)OS(=O)(=O)O)S(=O)[O-]. The lowest BCUT2D eigenvalue weighted by molar-refractivity contribution is 0.383. The Kier molecular flexibility index (Phi) is 5.83. The number of nitrogens with one attached hydrogen (secondary N) is 1. The molecule has 0 aliphatic heterocycles. The van der Waals surface area contributed by atoms with Gasteiger partial charge in [0.1, 0.15) is 4.90 Å². The van der Waals surface area contributed by atoms with Crippen LogP contribution in [0.5, 0.6) is 0 Å². The summed E-state index contributed by atoms with van der Waals surface area (Å²) in [4.78, 5) is -0.619. The molecule has 0 aliphatic rings. The Morgan fingerprint density at radius 1 is 1.33 bits per heavy atom. The molecule has 0 heterocycles. The molecule has 120 valence electrons. The van der Waals surface area contributed by atoms with Gasteiger partial charge in [-0.2, -0.15) is 16.8 Å². The summed E-state index contributed by atoms with van der Waals surface area (Å²) in [7, 11) is -10.1. The number of hydrogen-bond acceptors (Lipinski definition) is 8. The fraction of sp³-hybridized carbons (Fsp3) is 0.333.